The van der Waals surface area contributed by atoms with Crippen LogP contribution in [0.1, 0.15) is 48.0 Å². The summed E-state index contributed by atoms with van der Waals surface area (Å²) in [5, 5.41) is 9.53. The first kappa shape index (κ1) is 18.6. The standard InChI is InChI=1S/C22H26N4O2/c27-21(13-16-11-19-4-5-20(12-16)25-19)24-14-15-2-1-3-18(10-15)26-22(28)17-6-8-23-9-7-17/h1-3,6-10,16,19-20,25H,4-5,11-14H2,(H,24,27)(H,26,28). The number of nitrogens with zero attached hydrogens (tertiary/aromatic N) is 1. The smallest absolute Gasteiger partial charge is 0.255 e. The van der Waals surface area contributed by atoms with E-state index < -0.39 is 0 Å². The normalized spacial score (nSPS) is 23.2. The Labute approximate surface area is 165 Å². The maximum absolute atomic E-state index is 12.4. The van der Waals surface area contributed by atoms with E-state index in [1.807, 2.05) is 24.3 Å². The summed E-state index contributed by atoms with van der Waals surface area (Å²) in [5.41, 5.74) is 2.24. The number of hydrogen-bond donors (Lipinski definition) is 3. The van der Waals surface area contributed by atoms with Gasteiger partial charge in [0.25, 0.3) is 5.91 Å². The van der Waals surface area contributed by atoms with Gasteiger partial charge >= 0.3 is 0 Å². The number of hydrogen-bond acceptors (Lipinski definition) is 4. The van der Waals surface area contributed by atoms with E-state index in [0.29, 0.717) is 42.2 Å². The zero-order valence-corrected chi connectivity index (χ0v) is 15.9. The van der Waals surface area contributed by atoms with Crippen molar-refractivity contribution in [3.05, 3.63) is 59.9 Å². The molecule has 4 rings (SSSR count). The van der Waals surface area contributed by atoms with Gasteiger partial charge in [-0.3, -0.25) is 14.6 Å². The van der Waals surface area contributed by atoms with E-state index in [2.05, 4.69) is 20.9 Å². The van der Waals surface area contributed by atoms with Crippen LogP contribution in [0.25, 0.3) is 0 Å². The molecular formula is C22H26N4O2. The van der Waals surface area contributed by atoms with Gasteiger partial charge in [-0.2, -0.15) is 0 Å². The van der Waals surface area contributed by atoms with Crippen LogP contribution in [0.3, 0.4) is 0 Å². The fourth-order valence-electron chi connectivity index (χ4n) is 4.34. The summed E-state index contributed by atoms with van der Waals surface area (Å²) in [7, 11) is 0. The Hall–Kier alpha value is -2.73. The first-order chi connectivity index (χ1) is 13.7. The van der Waals surface area contributed by atoms with E-state index in [1.165, 1.54) is 12.8 Å². The van der Waals surface area contributed by atoms with Crippen LogP contribution >= 0.6 is 0 Å². The average Bonchev–Trinajstić information content (AvgIpc) is 3.05. The molecule has 146 valence electrons. The second-order valence-corrected chi connectivity index (χ2v) is 7.85. The topological polar surface area (TPSA) is 83.1 Å². The molecule has 0 saturated carbocycles. The third kappa shape index (κ3) is 4.75. The van der Waals surface area contributed by atoms with Gasteiger partial charge < -0.3 is 16.0 Å². The molecule has 6 heteroatoms. The molecule has 2 aromatic rings. The number of pyridine rings is 1. The molecule has 2 saturated heterocycles. The van der Waals surface area contributed by atoms with Crippen LogP contribution in [-0.4, -0.2) is 28.9 Å². The first-order valence-corrected chi connectivity index (χ1v) is 9.99. The lowest BCUT2D eigenvalue weighted by Crippen LogP contribution is -2.39. The van der Waals surface area contributed by atoms with E-state index in [4.69, 9.17) is 0 Å². The van der Waals surface area contributed by atoms with Crippen LogP contribution in [0.2, 0.25) is 0 Å². The Morgan fingerprint density at radius 2 is 1.82 bits per heavy atom. The summed E-state index contributed by atoms with van der Waals surface area (Å²) < 4.78 is 0. The fourth-order valence-corrected chi connectivity index (χ4v) is 4.34. The second-order valence-electron chi connectivity index (χ2n) is 7.85. The number of benzene rings is 1. The van der Waals surface area contributed by atoms with Crippen LogP contribution in [0, 0.1) is 5.92 Å². The quantitative estimate of drug-likeness (QED) is 0.722. The van der Waals surface area contributed by atoms with Gasteiger partial charge in [-0.25, -0.2) is 0 Å². The lowest BCUT2D eigenvalue weighted by molar-refractivity contribution is -0.122. The third-order valence-corrected chi connectivity index (χ3v) is 5.66. The number of piperidine rings is 1. The highest BCUT2D eigenvalue weighted by Crippen LogP contribution is 2.32. The Morgan fingerprint density at radius 3 is 2.57 bits per heavy atom. The highest BCUT2D eigenvalue weighted by molar-refractivity contribution is 6.04. The monoisotopic (exact) mass is 378 g/mol. The Balaban J connectivity index is 1.27. The molecule has 3 heterocycles. The largest absolute Gasteiger partial charge is 0.352 e. The molecule has 2 unspecified atom stereocenters. The van der Waals surface area contributed by atoms with Crippen LogP contribution in [0.5, 0.6) is 0 Å². The predicted molar refractivity (Wildman–Crippen MR) is 108 cm³/mol. The number of nitrogens with one attached hydrogen (secondary N) is 3. The Bertz CT molecular complexity index is 827. The molecule has 2 bridgehead atoms. The van der Waals surface area contributed by atoms with Crippen molar-refractivity contribution in [3.63, 3.8) is 0 Å². The van der Waals surface area contributed by atoms with Gasteiger partial charge in [-0.1, -0.05) is 12.1 Å². The van der Waals surface area contributed by atoms with Crippen molar-refractivity contribution in [3.8, 4) is 0 Å². The zero-order chi connectivity index (χ0) is 19.3. The summed E-state index contributed by atoms with van der Waals surface area (Å²) in [6.45, 7) is 0.468. The highest BCUT2D eigenvalue weighted by Gasteiger charge is 2.34. The molecule has 0 spiro atoms. The van der Waals surface area contributed by atoms with Crippen LogP contribution < -0.4 is 16.0 Å². The summed E-state index contributed by atoms with van der Waals surface area (Å²) >= 11 is 0. The summed E-state index contributed by atoms with van der Waals surface area (Å²) in [5.74, 6) is 0.423. The van der Waals surface area contributed by atoms with Gasteiger partial charge in [0.2, 0.25) is 5.91 Å². The summed E-state index contributed by atoms with van der Waals surface area (Å²) in [4.78, 5) is 28.5. The Kier molecular flexibility index (Phi) is 5.67. The molecule has 2 aliphatic rings. The van der Waals surface area contributed by atoms with Gasteiger partial charge in [-0.05, 0) is 61.4 Å². The maximum Gasteiger partial charge on any atom is 0.255 e. The zero-order valence-electron chi connectivity index (χ0n) is 15.9. The molecule has 2 atom stereocenters. The number of rotatable bonds is 6. The second kappa shape index (κ2) is 8.52. The van der Waals surface area contributed by atoms with Crippen molar-refractivity contribution in [2.24, 2.45) is 5.92 Å². The number of carbonyl (C=O) groups excluding carboxylic acids is 2. The number of aromatic nitrogens is 1. The molecule has 28 heavy (non-hydrogen) atoms. The van der Waals surface area contributed by atoms with Crippen molar-refractivity contribution in [2.45, 2.75) is 50.7 Å². The maximum atomic E-state index is 12.4. The molecule has 2 aliphatic heterocycles. The van der Waals surface area contributed by atoms with Gasteiger partial charge in [0.1, 0.15) is 0 Å². The van der Waals surface area contributed by atoms with Crippen LogP contribution in [0.4, 0.5) is 5.69 Å². The van der Waals surface area contributed by atoms with Gasteiger partial charge in [0.15, 0.2) is 0 Å². The molecule has 3 N–H and O–H groups in total. The number of anilines is 1. The van der Waals surface area contributed by atoms with E-state index in [-0.39, 0.29) is 11.8 Å². The van der Waals surface area contributed by atoms with E-state index >= 15 is 0 Å². The number of amides is 2. The number of fused-ring (bicyclic) bond motifs is 2. The third-order valence-electron chi connectivity index (χ3n) is 5.66. The molecule has 1 aromatic carbocycles. The van der Waals surface area contributed by atoms with Crippen molar-refractivity contribution >= 4 is 17.5 Å². The van der Waals surface area contributed by atoms with Crippen LogP contribution in [-0.2, 0) is 11.3 Å². The molecule has 6 nitrogen and oxygen atoms in total. The van der Waals surface area contributed by atoms with E-state index in [1.54, 1.807) is 24.5 Å². The van der Waals surface area contributed by atoms with Gasteiger partial charge in [0.05, 0.1) is 0 Å². The summed E-state index contributed by atoms with van der Waals surface area (Å²) in [6, 6.07) is 12.1. The van der Waals surface area contributed by atoms with Crippen molar-refractivity contribution in [2.75, 3.05) is 5.32 Å². The molecule has 2 amide bonds. The molecular weight excluding hydrogens is 352 g/mol. The summed E-state index contributed by atoms with van der Waals surface area (Å²) in [6.07, 6.45) is 8.51. The lowest BCUT2D eigenvalue weighted by atomic mass is 9.89. The average molecular weight is 378 g/mol. The Morgan fingerprint density at radius 1 is 1.07 bits per heavy atom. The van der Waals surface area contributed by atoms with Gasteiger partial charge in [-0.15, -0.1) is 0 Å². The fraction of sp³-hybridized carbons (Fsp3) is 0.409. The van der Waals surface area contributed by atoms with Crippen molar-refractivity contribution in [1.82, 2.24) is 15.6 Å². The highest BCUT2D eigenvalue weighted by atomic mass is 16.2. The predicted octanol–water partition coefficient (Wildman–Crippen LogP) is 2.87. The minimum Gasteiger partial charge on any atom is -0.352 e. The SMILES string of the molecule is O=C(CC1CC2CCC(C1)N2)NCc1cccc(NC(=O)c2ccncc2)c1. The van der Waals surface area contributed by atoms with Crippen LogP contribution in [0.15, 0.2) is 48.8 Å². The van der Waals surface area contributed by atoms with E-state index in [9.17, 15) is 9.59 Å². The first-order valence-electron chi connectivity index (χ1n) is 9.99. The minimum atomic E-state index is -0.177. The van der Waals surface area contributed by atoms with Crippen molar-refractivity contribution < 1.29 is 9.59 Å². The molecule has 0 radical (unpaired) electrons. The molecule has 2 fully saturated rings. The van der Waals surface area contributed by atoms with Crippen molar-refractivity contribution in [1.29, 1.82) is 0 Å². The lowest BCUT2D eigenvalue weighted by Gasteiger charge is -2.28. The van der Waals surface area contributed by atoms with Gasteiger partial charge in [0, 0.05) is 48.7 Å². The number of carbonyl (C=O) groups is 2. The minimum absolute atomic E-state index is 0.109. The molecule has 1 aromatic heterocycles. The molecule has 0 aliphatic carbocycles. The van der Waals surface area contributed by atoms with E-state index in [0.717, 1.165) is 18.4 Å².